The number of anilines is 1. The molecule has 0 N–H and O–H groups in total. The van der Waals surface area contributed by atoms with Crippen molar-refractivity contribution in [2.24, 2.45) is 0 Å². The van der Waals surface area contributed by atoms with Gasteiger partial charge < -0.3 is 9.47 Å². The quantitative estimate of drug-likeness (QED) is 0.427. The van der Waals surface area contributed by atoms with Crippen LogP contribution in [-0.4, -0.2) is 32.8 Å². The predicted molar refractivity (Wildman–Crippen MR) is 111 cm³/mol. The van der Waals surface area contributed by atoms with Gasteiger partial charge in [-0.15, -0.1) is 16.8 Å². The Labute approximate surface area is 165 Å². The van der Waals surface area contributed by atoms with E-state index < -0.39 is 0 Å². The van der Waals surface area contributed by atoms with Crippen LogP contribution in [0.4, 0.5) is 5.69 Å². The maximum Gasteiger partial charge on any atom is 0.192 e. The van der Waals surface area contributed by atoms with E-state index in [4.69, 9.17) is 0 Å². The first-order valence-corrected chi connectivity index (χ1v) is 9.92. The Morgan fingerprint density at radius 3 is 2.70 bits per heavy atom. The number of thioether (sulfide) groups is 1. The molecule has 0 bridgehead atoms. The highest BCUT2D eigenvalue weighted by atomic mass is 32.2. The van der Waals surface area contributed by atoms with Gasteiger partial charge in [0.1, 0.15) is 5.82 Å². The second kappa shape index (κ2) is 7.35. The summed E-state index contributed by atoms with van der Waals surface area (Å²) >= 11 is 1.44. The number of aryl methyl sites for hydroxylation is 1. The van der Waals surface area contributed by atoms with Gasteiger partial charge in [0.2, 0.25) is 0 Å². The molecule has 27 heavy (non-hydrogen) atoms. The molecule has 0 aliphatic carbocycles. The summed E-state index contributed by atoms with van der Waals surface area (Å²) < 4.78 is 1.97. The lowest BCUT2D eigenvalue weighted by molar-refractivity contribution is -0.114. The number of carbonyl (C=O) groups excluding carboxylic acids is 1. The van der Waals surface area contributed by atoms with E-state index in [1.54, 1.807) is 6.08 Å². The Morgan fingerprint density at radius 2 is 2.04 bits per heavy atom. The van der Waals surface area contributed by atoms with Gasteiger partial charge in [-0.3, -0.25) is 4.79 Å². The number of hydrogen-bond donors (Lipinski definition) is 0. The fourth-order valence-electron chi connectivity index (χ4n) is 3.52. The standard InChI is InChI=1S/C21H26N4OS/c1-7-12-25-15(3)22-23-20(25)27-14(2)18(26)13-19-21(4,5)16-10-8-9-11-17(16)24(19)6/h7-11,13-14H,1,12H2,2-6H3/b19-13+. The zero-order chi connectivity index (χ0) is 19.8. The molecule has 1 atom stereocenters. The second-order valence-electron chi connectivity index (χ2n) is 7.32. The molecule has 142 valence electrons. The van der Waals surface area contributed by atoms with Crippen LogP contribution in [0.5, 0.6) is 0 Å². The maximum absolute atomic E-state index is 13.0. The Hall–Kier alpha value is -2.34. The van der Waals surface area contributed by atoms with Gasteiger partial charge in [0, 0.05) is 36.5 Å². The molecule has 0 radical (unpaired) electrons. The van der Waals surface area contributed by atoms with Crippen LogP contribution in [0.25, 0.3) is 0 Å². The van der Waals surface area contributed by atoms with E-state index >= 15 is 0 Å². The van der Waals surface area contributed by atoms with E-state index in [-0.39, 0.29) is 16.4 Å². The average Bonchev–Trinajstić information content (AvgIpc) is 3.07. The minimum atomic E-state index is -0.252. The first-order chi connectivity index (χ1) is 12.8. The van der Waals surface area contributed by atoms with Gasteiger partial charge in [-0.2, -0.15) is 0 Å². The van der Waals surface area contributed by atoms with Crippen molar-refractivity contribution in [3.63, 3.8) is 0 Å². The number of fused-ring (bicyclic) bond motifs is 1. The number of carbonyl (C=O) groups is 1. The predicted octanol–water partition coefficient (Wildman–Crippen LogP) is 4.13. The number of allylic oxidation sites excluding steroid dienone is 3. The molecule has 0 spiro atoms. The van der Waals surface area contributed by atoms with Crippen LogP contribution in [0.1, 0.15) is 32.2 Å². The lowest BCUT2D eigenvalue weighted by Gasteiger charge is -2.24. The van der Waals surface area contributed by atoms with Gasteiger partial charge in [-0.1, -0.05) is 49.9 Å². The summed E-state index contributed by atoms with van der Waals surface area (Å²) in [5, 5.41) is 8.82. The number of hydrogen-bond acceptors (Lipinski definition) is 5. The van der Waals surface area contributed by atoms with Crippen molar-refractivity contribution in [2.45, 2.75) is 50.1 Å². The SMILES string of the molecule is C=CCn1c(C)nnc1SC(C)C(=O)/C=C1/N(C)c2ccccc2C1(C)C. The Kier molecular flexibility index (Phi) is 5.29. The summed E-state index contributed by atoms with van der Waals surface area (Å²) in [5.74, 6) is 0.899. The molecular formula is C21H26N4OS. The summed E-state index contributed by atoms with van der Waals surface area (Å²) in [6, 6.07) is 8.31. The minimum absolute atomic E-state index is 0.0773. The fourth-order valence-corrected chi connectivity index (χ4v) is 4.44. The van der Waals surface area contributed by atoms with Crippen molar-refractivity contribution < 1.29 is 4.79 Å². The zero-order valence-electron chi connectivity index (χ0n) is 16.6. The smallest absolute Gasteiger partial charge is 0.192 e. The van der Waals surface area contributed by atoms with E-state index in [1.165, 1.54) is 17.3 Å². The average molecular weight is 383 g/mol. The molecular weight excluding hydrogens is 356 g/mol. The van der Waals surface area contributed by atoms with Gasteiger partial charge in [0.25, 0.3) is 0 Å². The van der Waals surface area contributed by atoms with E-state index in [0.29, 0.717) is 6.54 Å². The third-order valence-corrected chi connectivity index (χ3v) is 6.21. The van der Waals surface area contributed by atoms with Gasteiger partial charge in [-0.05, 0) is 25.5 Å². The minimum Gasteiger partial charge on any atom is -0.347 e. The molecule has 2 aromatic rings. The molecule has 2 heterocycles. The maximum atomic E-state index is 13.0. The van der Waals surface area contributed by atoms with Crippen molar-refractivity contribution in [3.8, 4) is 0 Å². The first kappa shape index (κ1) is 19.4. The first-order valence-electron chi connectivity index (χ1n) is 9.04. The number of aromatic nitrogens is 3. The summed E-state index contributed by atoms with van der Waals surface area (Å²) in [6.45, 7) is 12.6. The van der Waals surface area contributed by atoms with Crippen LogP contribution < -0.4 is 4.90 Å². The van der Waals surface area contributed by atoms with Crippen LogP contribution in [0, 0.1) is 6.92 Å². The monoisotopic (exact) mass is 382 g/mol. The van der Waals surface area contributed by atoms with Crippen molar-refractivity contribution >= 4 is 23.2 Å². The molecule has 1 aromatic heterocycles. The third kappa shape index (κ3) is 3.46. The molecule has 5 nitrogen and oxygen atoms in total. The number of para-hydroxylation sites is 1. The third-order valence-electron chi connectivity index (χ3n) is 5.12. The summed E-state index contributed by atoms with van der Waals surface area (Å²) in [7, 11) is 2.02. The van der Waals surface area contributed by atoms with Crippen LogP contribution >= 0.6 is 11.8 Å². The molecule has 0 amide bonds. The highest BCUT2D eigenvalue weighted by Gasteiger charge is 2.38. The Bertz CT molecular complexity index is 913. The van der Waals surface area contributed by atoms with Crippen molar-refractivity contribution in [1.82, 2.24) is 14.8 Å². The number of benzene rings is 1. The van der Waals surface area contributed by atoms with Crippen LogP contribution in [-0.2, 0) is 16.8 Å². The fraction of sp³-hybridized carbons (Fsp3) is 0.381. The summed E-state index contributed by atoms with van der Waals surface area (Å²) in [5.41, 5.74) is 3.21. The van der Waals surface area contributed by atoms with E-state index in [9.17, 15) is 4.79 Å². The molecule has 3 rings (SSSR count). The largest absolute Gasteiger partial charge is 0.347 e. The highest BCUT2D eigenvalue weighted by molar-refractivity contribution is 8.00. The van der Waals surface area contributed by atoms with Crippen LogP contribution in [0.2, 0.25) is 0 Å². The van der Waals surface area contributed by atoms with Crippen molar-refractivity contribution in [3.05, 3.63) is 60.1 Å². The highest BCUT2D eigenvalue weighted by Crippen LogP contribution is 2.46. The Morgan fingerprint density at radius 1 is 1.33 bits per heavy atom. The van der Waals surface area contributed by atoms with Gasteiger partial charge in [-0.25, -0.2) is 0 Å². The van der Waals surface area contributed by atoms with Gasteiger partial charge >= 0.3 is 0 Å². The number of nitrogens with zero attached hydrogens (tertiary/aromatic N) is 4. The lowest BCUT2D eigenvalue weighted by atomic mass is 9.83. The molecule has 1 aliphatic heterocycles. The van der Waals surface area contributed by atoms with E-state index in [1.807, 2.05) is 43.7 Å². The molecule has 1 aliphatic rings. The molecule has 0 saturated heterocycles. The normalized spacial score (nSPS) is 17.8. The zero-order valence-corrected chi connectivity index (χ0v) is 17.4. The van der Waals surface area contributed by atoms with Crippen molar-refractivity contribution in [2.75, 3.05) is 11.9 Å². The number of likely N-dealkylation sites (N-methyl/N-ethyl adjacent to an activating group) is 1. The molecule has 1 unspecified atom stereocenters. The molecule has 6 heteroatoms. The summed E-state index contributed by atoms with van der Waals surface area (Å²) in [4.78, 5) is 15.1. The van der Waals surface area contributed by atoms with E-state index in [0.717, 1.165) is 22.4 Å². The van der Waals surface area contributed by atoms with Gasteiger partial charge in [0.05, 0.1) is 5.25 Å². The van der Waals surface area contributed by atoms with Crippen molar-refractivity contribution in [1.29, 1.82) is 0 Å². The lowest BCUT2D eigenvalue weighted by Crippen LogP contribution is -2.25. The number of rotatable bonds is 6. The van der Waals surface area contributed by atoms with Crippen LogP contribution in [0.3, 0.4) is 0 Å². The van der Waals surface area contributed by atoms with Crippen LogP contribution in [0.15, 0.2) is 53.8 Å². The van der Waals surface area contributed by atoms with Gasteiger partial charge in [0.15, 0.2) is 10.9 Å². The molecule has 1 aromatic carbocycles. The molecule has 0 fully saturated rings. The number of ketones is 1. The summed E-state index contributed by atoms with van der Waals surface area (Å²) in [6.07, 6.45) is 3.60. The Balaban J connectivity index is 1.84. The molecule has 0 saturated carbocycles. The van der Waals surface area contributed by atoms with E-state index in [2.05, 4.69) is 47.7 Å². The topological polar surface area (TPSA) is 51.0 Å². The second-order valence-corrected chi connectivity index (χ2v) is 8.63.